The van der Waals surface area contributed by atoms with Crippen molar-refractivity contribution in [1.82, 2.24) is 44.9 Å². The van der Waals surface area contributed by atoms with Gasteiger partial charge in [-0.3, -0.25) is 0 Å². The minimum atomic E-state index is 0.655. The Kier molecular flexibility index (Phi) is 20.8. The fraction of sp³-hybridized carbons (Fsp3) is 0. The van der Waals surface area contributed by atoms with E-state index in [2.05, 4.69) is 425 Å². The van der Waals surface area contributed by atoms with Crippen molar-refractivity contribution >= 4 is 129 Å². The molecular formula is C129H81N9. The van der Waals surface area contributed by atoms with Crippen LogP contribution >= 0.6 is 0 Å². The smallest absolute Gasteiger partial charge is 0.164 e. The summed E-state index contributed by atoms with van der Waals surface area (Å²) in [5.74, 6) is 5.91. The van der Waals surface area contributed by atoms with Crippen molar-refractivity contribution in [1.29, 1.82) is 0 Å². The van der Waals surface area contributed by atoms with Crippen LogP contribution < -0.4 is 0 Å². The molecule has 0 saturated carbocycles. The Labute approximate surface area is 795 Å². The summed E-state index contributed by atoms with van der Waals surface area (Å²) in [6.07, 6.45) is 0. The van der Waals surface area contributed by atoms with Crippen molar-refractivity contribution in [2.24, 2.45) is 0 Å². The molecule has 3 aromatic heterocycles. The molecule has 3 heterocycles. The predicted molar refractivity (Wildman–Crippen MR) is 575 cm³/mol. The molecule has 0 amide bonds. The molecule has 0 aliphatic rings. The highest BCUT2D eigenvalue weighted by Crippen LogP contribution is 2.45. The van der Waals surface area contributed by atoms with Crippen LogP contribution in [0, 0.1) is 0 Å². The number of benzene rings is 24. The van der Waals surface area contributed by atoms with Gasteiger partial charge in [0, 0.05) is 50.1 Å². The third-order valence-corrected chi connectivity index (χ3v) is 26.7. The van der Waals surface area contributed by atoms with Crippen molar-refractivity contribution in [2.75, 3.05) is 0 Å². The molecule has 0 saturated heterocycles. The van der Waals surface area contributed by atoms with Gasteiger partial charge in [-0.15, -0.1) is 0 Å². The van der Waals surface area contributed by atoms with E-state index in [-0.39, 0.29) is 0 Å². The Morgan fingerprint density at radius 3 is 0.725 bits per heavy atom. The first-order valence-electron chi connectivity index (χ1n) is 46.6. The summed E-state index contributed by atoms with van der Waals surface area (Å²) in [5, 5.41) is 28.9. The highest BCUT2D eigenvalue weighted by molar-refractivity contribution is 6.19. The van der Waals surface area contributed by atoms with Crippen LogP contribution in [0.25, 0.3) is 265 Å². The van der Waals surface area contributed by atoms with E-state index < -0.39 is 0 Å². The van der Waals surface area contributed by atoms with Gasteiger partial charge >= 0.3 is 0 Å². The van der Waals surface area contributed by atoms with E-state index in [1.807, 2.05) is 66.7 Å². The van der Waals surface area contributed by atoms with Gasteiger partial charge in [0.05, 0.1) is 0 Å². The minimum Gasteiger partial charge on any atom is -0.208 e. The maximum absolute atomic E-state index is 5.13. The fourth-order valence-electron chi connectivity index (χ4n) is 19.9. The number of hydrogen-bond donors (Lipinski definition) is 0. The second-order valence-corrected chi connectivity index (χ2v) is 35.0. The Balaban J connectivity index is 0.000000110. The Morgan fingerprint density at radius 2 is 0.304 bits per heavy atom. The number of fused-ring (bicyclic) bond motifs is 15. The van der Waals surface area contributed by atoms with Crippen LogP contribution in [0.4, 0.5) is 0 Å². The molecule has 24 aromatic carbocycles. The normalized spacial score (nSPS) is 11.5. The second-order valence-electron chi connectivity index (χ2n) is 35.0. The summed E-state index contributed by atoms with van der Waals surface area (Å²) in [4.78, 5) is 45.5. The molecule has 9 nitrogen and oxygen atoms in total. The molecular weight excluding hydrogens is 1680 g/mol. The molecule has 0 bridgehead atoms. The molecule has 0 radical (unpaired) electrons. The van der Waals surface area contributed by atoms with Gasteiger partial charge in [0.1, 0.15) is 0 Å². The summed E-state index contributed by atoms with van der Waals surface area (Å²) in [6.45, 7) is 0. The fourth-order valence-corrected chi connectivity index (χ4v) is 19.9. The zero-order valence-electron chi connectivity index (χ0n) is 74.8. The topological polar surface area (TPSA) is 116 Å². The molecule has 138 heavy (non-hydrogen) atoms. The van der Waals surface area contributed by atoms with Gasteiger partial charge in [0.2, 0.25) is 0 Å². The van der Waals surface area contributed by atoms with Gasteiger partial charge in [0.25, 0.3) is 0 Å². The van der Waals surface area contributed by atoms with Gasteiger partial charge in [-0.05, 0) is 211 Å². The largest absolute Gasteiger partial charge is 0.208 e. The molecule has 0 aliphatic carbocycles. The van der Waals surface area contributed by atoms with E-state index >= 15 is 0 Å². The van der Waals surface area contributed by atoms with Crippen LogP contribution in [-0.4, -0.2) is 44.9 Å². The number of hydrogen-bond acceptors (Lipinski definition) is 9. The van der Waals surface area contributed by atoms with Crippen molar-refractivity contribution in [2.45, 2.75) is 0 Å². The van der Waals surface area contributed by atoms with Gasteiger partial charge < -0.3 is 0 Å². The lowest BCUT2D eigenvalue weighted by Gasteiger charge is -2.15. The van der Waals surface area contributed by atoms with Crippen LogP contribution in [-0.2, 0) is 0 Å². The lowest BCUT2D eigenvalue weighted by atomic mass is 9.89. The molecule has 27 aromatic rings. The quantitative estimate of drug-likeness (QED) is 0.110. The van der Waals surface area contributed by atoms with Gasteiger partial charge in [-0.2, -0.15) is 0 Å². The zero-order valence-corrected chi connectivity index (χ0v) is 74.8. The highest BCUT2D eigenvalue weighted by atomic mass is 15.1. The molecule has 27 rings (SSSR count). The first-order valence-corrected chi connectivity index (χ1v) is 46.6. The van der Waals surface area contributed by atoms with E-state index in [1.54, 1.807) is 0 Å². The monoisotopic (exact) mass is 1760 g/mol. The molecule has 0 atom stereocenters. The molecule has 0 spiro atoms. The SMILES string of the molecule is c1ccc(-c2nc(-c3ccc4ccccc4c3)nc(-c3ccc(-c4cc5ccccc5c5ccccc45)c4ccccc34)n2)cc1.c1ccc(-c2nc(-c3ccc4ccccc4c3)nc(-c3cccc4c(-c5cc6ccccc6c6ccccc56)cccc34)n2)cc1.c1ccc(-c2nc(-c3ccc4ccccc4c3)nc(-c3cccc4cc(-c5ccc6c(ccc7ccccc76)c5)ccc34)n2)cc1. The maximum Gasteiger partial charge on any atom is 0.164 e. The van der Waals surface area contributed by atoms with E-state index in [4.69, 9.17) is 44.9 Å². The zero-order chi connectivity index (χ0) is 91.4. The van der Waals surface area contributed by atoms with Crippen LogP contribution in [0.3, 0.4) is 0 Å². The second kappa shape index (κ2) is 35.2. The summed E-state index contributed by atoms with van der Waals surface area (Å²) < 4.78 is 0. The van der Waals surface area contributed by atoms with Crippen molar-refractivity contribution in [3.8, 4) is 136 Å². The van der Waals surface area contributed by atoms with Crippen LogP contribution in [0.5, 0.6) is 0 Å². The summed E-state index contributed by atoms with van der Waals surface area (Å²) >= 11 is 0. The van der Waals surface area contributed by atoms with Gasteiger partial charge in [0.15, 0.2) is 52.4 Å². The molecule has 0 N–H and O–H groups in total. The Bertz CT molecular complexity index is 9180. The molecule has 0 fully saturated rings. The number of rotatable bonds is 12. The standard InChI is InChI=1S/3C43H27N3/c1-2-13-29(14-3-1)41-44-42(32-23-22-28-12-4-5-15-30(28)26-32)46-43(45-41)39-25-24-38(35-19-9-10-20-36(35)39)40-27-31-16-6-7-17-33(31)34-18-8-11-21-37(34)40;1-2-13-29(14-3-1)41-44-42(32-25-24-28-12-4-5-15-30(28)26-32)46-43(45-41)39-23-11-20-35-36(39)21-10-22-38(35)40-27-31-16-6-7-17-33(31)34-18-8-9-19-37(34)40;1-2-11-30(12-3-1)41-44-42(36-20-17-28-9-4-5-13-31(28)27-36)46-43(45-41)40-16-8-14-34-25-32(22-24-39(34)40)33-21-23-38-35(26-33)19-18-29-10-6-7-15-37(29)38/h3*1-27H. The average molecular weight is 1760 g/mol. The van der Waals surface area contributed by atoms with Crippen molar-refractivity contribution in [3.05, 3.63) is 491 Å². The van der Waals surface area contributed by atoms with Crippen molar-refractivity contribution in [3.63, 3.8) is 0 Å². The summed E-state index contributed by atoms with van der Waals surface area (Å²) in [7, 11) is 0. The van der Waals surface area contributed by atoms with Crippen LogP contribution in [0.15, 0.2) is 491 Å². The maximum atomic E-state index is 5.13. The minimum absolute atomic E-state index is 0.655. The van der Waals surface area contributed by atoms with E-state index in [9.17, 15) is 0 Å². The average Bonchev–Trinajstić information content (AvgIpc) is 0.746. The Morgan fingerprint density at radius 1 is 0.0870 bits per heavy atom. The molecule has 0 unspecified atom stereocenters. The lowest BCUT2D eigenvalue weighted by molar-refractivity contribution is 1.08. The molecule has 642 valence electrons. The third-order valence-electron chi connectivity index (χ3n) is 26.7. The highest BCUT2D eigenvalue weighted by Gasteiger charge is 2.23. The van der Waals surface area contributed by atoms with E-state index in [1.165, 1.54) is 114 Å². The predicted octanol–water partition coefficient (Wildman–Crippen LogP) is 33.5. The van der Waals surface area contributed by atoms with E-state index in [0.29, 0.717) is 52.4 Å². The molecule has 9 heteroatoms. The van der Waals surface area contributed by atoms with Crippen LogP contribution in [0.2, 0.25) is 0 Å². The first kappa shape index (κ1) is 81.4. The van der Waals surface area contributed by atoms with Gasteiger partial charge in [-0.1, -0.05) is 443 Å². The third kappa shape index (κ3) is 15.4. The Hall–Kier alpha value is -18.6. The van der Waals surface area contributed by atoms with E-state index in [0.717, 1.165) is 98.5 Å². The number of nitrogens with zero attached hydrogens (tertiary/aromatic N) is 9. The lowest BCUT2D eigenvalue weighted by Crippen LogP contribution is -2.01. The summed E-state index contributed by atoms with van der Waals surface area (Å²) in [6, 6.07) is 173. The summed E-state index contributed by atoms with van der Waals surface area (Å²) in [5.41, 5.74) is 15.9. The number of aromatic nitrogens is 9. The van der Waals surface area contributed by atoms with Crippen molar-refractivity contribution < 1.29 is 0 Å². The first-order chi connectivity index (χ1) is 68.4. The van der Waals surface area contributed by atoms with Gasteiger partial charge in [-0.25, -0.2) is 44.9 Å². The van der Waals surface area contributed by atoms with Crippen LogP contribution in [0.1, 0.15) is 0 Å². The molecule has 0 aliphatic heterocycles.